The summed E-state index contributed by atoms with van der Waals surface area (Å²) in [6.07, 6.45) is 1.21. The highest BCUT2D eigenvalue weighted by Crippen LogP contribution is 2.30. The Hall–Kier alpha value is -3.62. The highest BCUT2D eigenvalue weighted by Gasteiger charge is 2.23. The molecule has 3 aromatic rings. The van der Waals surface area contributed by atoms with E-state index >= 15 is 0 Å². The van der Waals surface area contributed by atoms with Crippen molar-refractivity contribution in [2.24, 2.45) is 0 Å². The molecule has 132 valence electrons. The van der Waals surface area contributed by atoms with Crippen LogP contribution in [0.2, 0.25) is 0 Å². The average molecular weight is 353 g/mol. The van der Waals surface area contributed by atoms with Crippen molar-refractivity contribution in [3.8, 4) is 11.5 Å². The van der Waals surface area contributed by atoms with E-state index in [-0.39, 0.29) is 19.3 Å². The van der Waals surface area contributed by atoms with Crippen molar-refractivity contribution in [1.82, 2.24) is 20.5 Å². The first-order chi connectivity index (χ1) is 12.7. The van der Waals surface area contributed by atoms with E-state index in [2.05, 4.69) is 25.8 Å². The number of hydrogen-bond donors (Lipinski definition) is 3. The molecule has 3 N–H and O–H groups in total. The monoisotopic (exact) mass is 353 g/mol. The second-order valence-corrected chi connectivity index (χ2v) is 5.63. The van der Waals surface area contributed by atoms with Gasteiger partial charge in [0, 0.05) is 6.20 Å². The maximum Gasteiger partial charge on any atom is 0.314 e. The van der Waals surface area contributed by atoms with Crippen LogP contribution in [-0.2, 0) is 9.59 Å². The maximum atomic E-state index is 12.1. The quantitative estimate of drug-likeness (QED) is 0.601. The van der Waals surface area contributed by atoms with Crippen molar-refractivity contribution in [1.29, 1.82) is 0 Å². The molecule has 3 heterocycles. The molecule has 0 bridgehead atoms. The summed E-state index contributed by atoms with van der Waals surface area (Å²) in [7, 11) is 0. The zero-order chi connectivity index (χ0) is 17.9. The first-order valence-electron chi connectivity index (χ1n) is 7.97. The lowest BCUT2D eigenvalue weighted by Crippen LogP contribution is -2.44. The van der Waals surface area contributed by atoms with Crippen LogP contribution in [0.25, 0.3) is 11.0 Å². The lowest BCUT2D eigenvalue weighted by molar-refractivity contribution is -0.136. The summed E-state index contributed by atoms with van der Waals surface area (Å²) in [6, 6.07) is 10.7. The summed E-state index contributed by atoms with van der Waals surface area (Å²) < 4.78 is 11.3. The molecule has 0 fully saturated rings. The van der Waals surface area contributed by atoms with Gasteiger partial charge in [0.25, 0.3) is 0 Å². The number of anilines is 1. The number of carbonyl (C=O) groups excluding carboxylic acids is 2. The third-order valence-corrected chi connectivity index (χ3v) is 3.83. The second-order valence-electron chi connectivity index (χ2n) is 5.63. The predicted octanol–water partition coefficient (Wildman–Crippen LogP) is 0.853. The van der Waals surface area contributed by atoms with Gasteiger partial charge in [-0.3, -0.25) is 14.7 Å². The minimum atomic E-state index is -0.809. The molecule has 2 aromatic heterocycles. The lowest BCUT2D eigenvalue weighted by Gasteiger charge is -2.26. The molecule has 1 aliphatic heterocycles. The van der Waals surface area contributed by atoms with E-state index < -0.39 is 11.8 Å². The number of carbonyl (C=O) groups is 2. The average Bonchev–Trinajstić information content (AvgIpc) is 3.09. The number of para-hydroxylation sites is 2. The zero-order valence-corrected chi connectivity index (χ0v) is 13.6. The van der Waals surface area contributed by atoms with Crippen LogP contribution < -0.4 is 20.1 Å². The summed E-state index contributed by atoms with van der Waals surface area (Å²) in [6.45, 7) is 0.432. The summed E-state index contributed by atoms with van der Waals surface area (Å²) in [5.41, 5.74) is 0.453. The minimum Gasteiger partial charge on any atom is -0.486 e. The molecule has 0 aliphatic carbocycles. The summed E-state index contributed by atoms with van der Waals surface area (Å²) in [5, 5.41) is 12.2. The normalized spacial score (nSPS) is 15.5. The van der Waals surface area contributed by atoms with Crippen LogP contribution >= 0.6 is 0 Å². The van der Waals surface area contributed by atoms with Crippen LogP contribution in [0.4, 0.5) is 5.82 Å². The number of nitrogens with zero attached hydrogens (tertiary/aromatic N) is 2. The molecule has 4 rings (SSSR count). The predicted molar refractivity (Wildman–Crippen MR) is 91.9 cm³/mol. The molecule has 0 spiro atoms. The van der Waals surface area contributed by atoms with Crippen molar-refractivity contribution in [3.63, 3.8) is 0 Å². The Labute approximate surface area is 147 Å². The summed E-state index contributed by atoms with van der Waals surface area (Å²) in [5.74, 6) is 0.00138. The SMILES string of the molecule is O=C(NCC1COc2ccccc2O1)C(=O)Nc1[nH]nc2ncccc12. The van der Waals surface area contributed by atoms with Crippen LogP contribution in [0.3, 0.4) is 0 Å². The molecule has 0 radical (unpaired) electrons. The molecule has 1 aromatic carbocycles. The third kappa shape index (κ3) is 3.14. The number of aromatic amines is 1. The van der Waals surface area contributed by atoms with Gasteiger partial charge >= 0.3 is 11.8 Å². The van der Waals surface area contributed by atoms with Crippen molar-refractivity contribution in [3.05, 3.63) is 42.6 Å². The number of amides is 2. The van der Waals surface area contributed by atoms with Crippen molar-refractivity contribution in [2.45, 2.75) is 6.10 Å². The number of fused-ring (bicyclic) bond motifs is 2. The van der Waals surface area contributed by atoms with E-state index in [1.807, 2.05) is 12.1 Å². The van der Waals surface area contributed by atoms with E-state index in [1.54, 1.807) is 30.5 Å². The Morgan fingerprint density at radius 3 is 2.88 bits per heavy atom. The van der Waals surface area contributed by atoms with Crippen molar-refractivity contribution in [2.75, 3.05) is 18.5 Å². The van der Waals surface area contributed by atoms with Gasteiger partial charge in [-0.1, -0.05) is 12.1 Å². The molecule has 9 nitrogen and oxygen atoms in total. The molecule has 1 aliphatic rings. The van der Waals surface area contributed by atoms with E-state index in [0.29, 0.717) is 28.4 Å². The van der Waals surface area contributed by atoms with Gasteiger partial charge in [0.2, 0.25) is 0 Å². The molecular weight excluding hydrogens is 338 g/mol. The fourth-order valence-electron chi connectivity index (χ4n) is 2.57. The molecule has 0 saturated heterocycles. The van der Waals surface area contributed by atoms with E-state index in [0.717, 1.165) is 0 Å². The first kappa shape index (κ1) is 15.9. The van der Waals surface area contributed by atoms with Gasteiger partial charge in [0.05, 0.1) is 11.9 Å². The topological polar surface area (TPSA) is 118 Å². The zero-order valence-electron chi connectivity index (χ0n) is 13.6. The van der Waals surface area contributed by atoms with Crippen LogP contribution in [0.5, 0.6) is 11.5 Å². The number of benzene rings is 1. The highest BCUT2D eigenvalue weighted by atomic mass is 16.6. The smallest absolute Gasteiger partial charge is 0.314 e. The Balaban J connectivity index is 1.33. The van der Waals surface area contributed by atoms with Crippen LogP contribution in [0.15, 0.2) is 42.6 Å². The van der Waals surface area contributed by atoms with E-state index in [1.165, 1.54) is 0 Å². The fraction of sp³-hybridized carbons (Fsp3) is 0.176. The number of ether oxygens (including phenoxy) is 2. The Morgan fingerprint density at radius 1 is 1.15 bits per heavy atom. The third-order valence-electron chi connectivity index (χ3n) is 3.83. The standard InChI is InChI=1S/C17H15N5O4/c23-16(17(24)20-15-11-4-3-7-18-14(11)21-22-15)19-8-10-9-25-12-5-1-2-6-13(12)26-10/h1-7,10H,8-9H2,(H,19,23)(H2,18,20,21,22,24). The number of pyridine rings is 1. The number of aromatic nitrogens is 3. The van der Waals surface area contributed by atoms with E-state index in [9.17, 15) is 9.59 Å². The number of nitrogens with one attached hydrogen (secondary N) is 3. The van der Waals surface area contributed by atoms with Crippen LogP contribution in [0.1, 0.15) is 0 Å². The van der Waals surface area contributed by atoms with Gasteiger partial charge in [-0.15, -0.1) is 0 Å². The molecule has 1 atom stereocenters. The Morgan fingerprint density at radius 2 is 2.00 bits per heavy atom. The number of H-pyrrole nitrogens is 1. The number of hydrogen-bond acceptors (Lipinski definition) is 6. The minimum absolute atomic E-state index is 0.145. The van der Waals surface area contributed by atoms with Crippen LogP contribution in [0, 0.1) is 0 Å². The molecule has 2 amide bonds. The summed E-state index contributed by atoms with van der Waals surface area (Å²) in [4.78, 5) is 28.1. The largest absolute Gasteiger partial charge is 0.486 e. The van der Waals surface area contributed by atoms with Crippen molar-refractivity contribution >= 4 is 28.7 Å². The van der Waals surface area contributed by atoms with Crippen molar-refractivity contribution < 1.29 is 19.1 Å². The molecule has 9 heteroatoms. The van der Waals surface area contributed by atoms with Gasteiger partial charge in [-0.2, -0.15) is 5.10 Å². The Kier molecular flexibility index (Phi) is 4.10. The van der Waals surface area contributed by atoms with Gasteiger partial charge in [-0.05, 0) is 24.3 Å². The fourth-order valence-corrected chi connectivity index (χ4v) is 2.57. The lowest BCUT2D eigenvalue weighted by atomic mass is 10.2. The molecule has 0 saturated carbocycles. The van der Waals surface area contributed by atoms with Crippen LogP contribution in [-0.4, -0.2) is 46.3 Å². The maximum absolute atomic E-state index is 12.1. The van der Waals surface area contributed by atoms with Gasteiger partial charge in [-0.25, -0.2) is 4.98 Å². The second kappa shape index (κ2) is 6.71. The molecular formula is C17H15N5O4. The Bertz CT molecular complexity index is 970. The number of rotatable bonds is 3. The summed E-state index contributed by atoms with van der Waals surface area (Å²) >= 11 is 0. The molecule has 26 heavy (non-hydrogen) atoms. The van der Waals surface area contributed by atoms with Gasteiger partial charge < -0.3 is 20.1 Å². The van der Waals surface area contributed by atoms with E-state index in [4.69, 9.17) is 9.47 Å². The molecule has 1 unspecified atom stereocenters. The first-order valence-corrected chi connectivity index (χ1v) is 7.97. The van der Waals surface area contributed by atoms with Gasteiger partial charge in [0.1, 0.15) is 18.5 Å². The highest BCUT2D eigenvalue weighted by molar-refractivity contribution is 6.40. The van der Waals surface area contributed by atoms with Gasteiger partial charge in [0.15, 0.2) is 17.1 Å².